The van der Waals surface area contributed by atoms with Crippen molar-refractivity contribution in [3.8, 4) is 11.6 Å². The molecule has 3 N–H and O–H groups in total. The van der Waals surface area contributed by atoms with Crippen LogP contribution in [0, 0.1) is 18.2 Å². The van der Waals surface area contributed by atoms with Gasteiger partial charge in [-0.1, -0.05) is 56.7 Å². The molecule has 2 atom stereocenters. The van der Waals surface area contributed by atoms with Crippen LogP contribution in [0.5, 0.6) is 5.88 Å². The van der Waals surface area contributed by atoms with Gasteiger partial charge in [0.25, 0.3) is 5.91 Å². The van der Waals surface area contributed by atoms with Gasteiger partial charge >= 0.3 is 5.97 Å². The SMILES string of the molecule is Cc1ccc(C(CC(=O)O)NC(=O)c2cc(OCC(C)(O)C(C)(C)C)n(-c3cccc(F)c3)n2)cc1. The minimum absolute atomic E-state index is 0.0489. The first-order valence-electron chi connectivity index (χ1n) is 11.6. The Labute approximate surface area is 209 Å². The lowest BCUT2D eigenvalue weighted by Gasteiger charge is -2.36. The number of benzene rings is 2. The van der Waals surface area contributed by atoms with Gasteiger partial charge in [0.2, 0.25) is 5.88 Å². The van der Waals surface area contributed by atoms with Gasteiger partial charge in [0.1, 0.15) is 18.0 Å². The molecule has 192 valence electrons. The van der Waals surface area contributed by atoms with Crippen LogP contribution in [-0.4, -0.2) is 44.1 Å². The standard InChI is InChI=1S/C27H32FN3O5/c1-17-9-11-18(12-10-17)21(15-24(32)33)29-25(34)22-14-23(36-16-27(5,35)26(2,3)4)31(30-22)20-8-6-7-19(28)13-20/h6-14,21,35H,15-16H2,1-5H3,(H,29,34)(H,32,33). The van der Waals surface area contributed by atoms with Gasteiger partial charge in [0.15, 0.2) is 5.69 Å². The molecule has 0 bridgehead atoms. The summed E-state index contributed by atoms with van der Waals surface area (Å²) in [5, 5.41) is 27.2. The number of aryl methyl sites for hydroxylation is 1. The third kappa shape index (κ3) is 6.48. The Bertz CT molecular complexity index is 1230. The summed E-state index contributed by atoms with van der Waals surface area (Å²) in [5.41, 5.74) is 0.186. The molecular weight excluding hydrogens is 465 g/mol. The van der Waals surface area contributed by atoms with Gasteiger partial charge in [-0.05, 0) is 43.0 Å². The van der Waals surface area contributed by atoms with Crippen LogP contribution >= 0.6 is 0 Å². The van der Waals surface area contributed by atoms with Crippen molar-refractivity contribution in [2.45, 2.75) is 52.7 Å². The van der Waals surface area contributed by atoms with Crippen LogP contribution in [0.15, 0.2) is 54.6 Å². The summed E-state index contributed by atoms with van der Waals surface area (Å²) in [7, 11) is 0. The maximum absolute atomic E-state index is 13.9. The fraction of sp³-hybridized carbons (Fsp3) is 0.370. The maximum Gasteiger partial charge on any atom is 0.305 e. The number of nitrogens with one attached hydrogen (secondary N) is 1. The summed E-state index contributed by atoms with van der Waals surface area (Å²) in [6, 6.07) is 13.4. The average Bonchev–Trinajstić information content (AvgIpc) is 3.21. The number of carboxylic acids is 1. The molecule has 2 aromatic carbocycles. The molecule has 0 aliphatic carbocycles. The van der Waals surface area contributed by atoms with Crippen molar-refractivity contribution in [2.24, 2.45) is 5.41 Å². The minimum atomic E-state index is -1.22. The molecule has 9 heteroatoms. The smallest absolute Gasteiger partial charge is 0.305 e. The fourth-order valence-electron chi connectivity index (χ4n) is 3.26. The number of aliphatic carboxylic acids is 1. The summed E-state index contributed by atoms with van der Waals surface area (Å²) in [5.74, 6) is -2.06. The Morgan fingerprint density at radius 2 is 1.78 bits per heavy atom. The number of ether oxygens (including phenoxy) is 1. The molecule has 0 aliphatic heterocycles. The average molecular weight is 498 g/mol. The Morgan fingerprint density at radius 1 is 1.11 bits per heavy atom. The van der Waals surface area contributed by atoms with Crippen molar-refractivity contribution in [1.29, 1.82) is 0 Å². The normalized spacial score (nSPS) is 14.1. The van der Waals surface area contributed by atoms with Crippen LogP contribution in [0.2, 0.25) is 0 Å². The van der Waals surface area contributed by atoms with E-state index in [0.717, 1.165) is 5.56 Å². The number of amides is 1. The number of carbonyl (C=O) groups is 2. The zero-order valence-electron chi connectivity index (χ0n) is 21.1. The molecule has 0 spiro atoms. The van der Waals surface area contributed by atoms with Crippen molar-refractivity contribution < 1.29 is 28.9 Å². The van der Waals surface area contributed by atoms with Gasteiger partial charge < -0.3 is 20.3 Å². The van der Waals surface area contributed by atoms with Crippen molar-refractivity contribution in [2.75, 3.05) is 6.61 Å². The maximum atomic E-state index is 13.9. The second kappa shape index (κ2) is 10.5. The lowest BCUT2D eigenvalue weighted by atomic mass is 9.78. The first-order chi connectivity index (χ1) is 16.8. The number of carbonyl (C=O) groups excluding carboxylic acids is 1. The highest BCUT2D eigenvalue weighted by atomic mass is 19.1. The third-order valence-corrected chi connectivity index (χ3v) is 6.24. The molecule has 3 aromatic rings. The number of hydrogen-bond donors (Lipinski definition) is 3. The van der Waals surface area contributed by atoms with Crippen molar-refractivity contribution >= 4 is 11.9 Å². The molecule has 0 aliphatic rings. The van der Waals surface area contributed by atoms with E-state index in [1.54, 1.807) is 25.1 Å². The molecule has 0 saturated carbocycles. The summed E-state index contributed by atoms with van der Waals surface area (Å²) < 4.78 is 21.1. The number of aromatic nitrogens is 2. The Hall–Kier alpha value is -3.72. The zero-order chi connectivity index (χ0) is 26.7. The number of hydrogen-bond acceptors (Lipinski definition) is 5. The molecule has 3 rings (SSSR count). The zero-order valence-corrected chi connectivity index (χ0v) is 21.1. The number of carboxylic acid groups (broad SMARTS) is 1. The molecule has 2 unspecified atom stereocenters. The second-order valence-electron chi connectivity index (χ2n) is 10.1. The van der Waals surface area contributed by atoms with E-state index in [0.29, 0.717) is 11.3 Å². The van der Waals surface area contributed by atoms with Gasteiger partial charge in [-0.3, -0.25) is 9.59 Å². The van der Waals surface area contributed by atoms with Crippen LogP contribution in [-0.2, 0) is 4.79 Å². The summed E-state index contributed by atoms with van der Waals surface area (Å²) >= 11 is 0. The van der Waals surface area contributed by atoms with Crippen molar-refractivity contribution in [3.05, 3.63) is 77.2 Å². The van der Waals surface area contributed by atoms with Crippen molar-refractivity contribution in [1.82, 2.24) is 15.1 Å². The largest absolute Gasteiger partial charge is 0.481 e. The predicted molar refractivity (Wildman–Crippen MR) is 133 cm³/mol. The van der Waals surface area contributed by atoms with Gasteiger partial charge in [-0.2, -0.15) is 5.10 Å². The van der Waals surface area contributed by atoms with E-state index in [-0.39, 0.29) is 24.6 Å². The predicted octanol–water partition coefficient (Wildman–Crippen LogP) is 4.44. The first kappa shape index (κ1) is 26.9. The van der Waals surface area contributed by atoms with E-state index in [4.69, 9.17) is 4.74 Å². The van der Waals surface area contributed by atoms with E-state index in [2.05, 4.69) is 10.4 Å². The third-order valence-electron chi connectivity index (χ3n) is 6.24. The van der Waals surface area contributed by atoms with E-state index >= 15 is 0 Å². The first-order valence-corrected chi connectivity index (χ1v) is 11.6. The highest BCUT2D eigenvalue weighted by molar-refractivity contribution is 5.93. The highest BCUT2D eigenvalue weighted by Crippen LogP contribution is 2.31. The number of aliphatic hydroxyl groups is 1. The quantitative estimate of drug-likeness (QED) is 0.403. The molecular formula is C27H32FN3O5. The monoisotopic (exact) mass is 497 g/mol. The Balaban J connectivity index is 1.94. The molecule has 0 fully saturated rings. The molecule has 8 nitrogen and oxygen atoms in total. The van der Waals surface area contributed by atoms with Crippen molar-refractivity contribution in [3.63, 3.8) is 0 Å². The van der Waals surface area contributed by atoms with Gasteiger partial charge in [0, 0.05) is 6.07 Å². The summed E-state index contributed by atoms with van der Waals surface area (Å²) in [6.45, 7) is 9.05. The molecule has 1 amide bonds. The van der Waals surface area contributed by atoms with Gasteiger partial charge in [-0.25, -0.2) is 9.07 Å². The molecule has 36 heavy (non-hydrogen) atoms. The molecule has 1 heterocycles. The fourth-order valence-corrected chi connectivity index (χ4v) is 3.26. The topological polar surface area (TPSA) is 114 Å². The minimum Gasteiger partial charge on any atom is -0.481 e. The molecule has 1 aromatic heterocycles. The van der Waals surface area contributed by atoms with Gasteiger partial charge in [-0.15, -0.1) is 0 Å². The Morgan fingerprint density at radius 3 is 2.36 bits per heavy atom. The number of halogens is 1. The number of rotatable bonds is 9. The van der Waals surface area contributed by atoms with E-state index in [1.807, 2.05) is 39.8 Å². The molecule has 0 saturated heterocycles. The second-order valence-corrected chi connectivity index (χ2v) is 10.1. The molecule has 0 radical (unpaired) electrons. The van der Waals surface area contributed by atoms with Crippen LogP contribution in [0.3, 0.4) is 0 Å². The van der Waals surface area contributed by atoms with Crippen LogP contribution in [0.1, 0.15) is 61.8 Å². The van der Waals surface area contributed by atoms with E-state index in [9.17, 15) is 24.2 Å². The lowest BCUT2D eigenvalue weighted by Crippen LogP contribution is -2.45. The van der Waals surface area contributed by atoms with Gasteiger partial charge in [0.05, 0.1) is 18.2 Å². The van der Waals surface area contributed by atoms with Crippen LogP contribution in [0.4, 0.5) is 4.39 Å². The van der Waals surface area contributed by atoms with Crippen LogP contribution in [0.25, 0.3) is 5.69 Å². The van der Waals surface area contributed by atoms with Crippen LogP contribution < -0.4 is 10.1 Å². The summed E-state index contributed by atoms with van der Waals surface area (Å²) in [6.07, 6.45) is -0.322. The van der Waals surface area contributed by atoms with E-state index in [1.165, 1.54) is 28.9 Å². The van der Waals surface area contributed by atoms with E-state index < -0.39 is 34.8 Å². The number of nitrogens with zero attached hydrogens (tertiary/aromatic N) is 2. The summed E-state index contributed by atoms with van der Waals surface area (Å²) in [4.78, 5) is 24.6. The Kier molecular flexibility index (Phi) is 7.83. The highest BCUT2D eigenvalue weighted by Gasteiger charge is 2.36. The lowest BCUT2D eigenvalue weighted by molar-refractivity contribution is -0.137.